The summed E-state index contributed by atoms with van der Waals surface area (Å²) in [5, 5.41) is 29.6. The fraction of sp³-hybridized carbons (Fsp3) is 0.174. The van der Waals surface area contributed by atoms with Crippen molar-refractivity contribution in [1.29, 1.82) is 5.26 Å². The number of hydrogen-bond donors (Lipinski definition) is 4. The second kappa shape index (κ2) is 10.1. The molecule has 0 radical (unpaired) electrons. The average molecular weight is 447 g/mol. The van der Waals surface area contributed by atoms with Crippen LogP contribution in [0, 0.1) is 17.2 Å². The molecule has 1 aromatic heterocycles. The summed E-state index contributed by atoms with van der Waals surface area (Å²) in [5.41, 5.74) is 2.57. The number of nitriles is 1. The summed E-state index contributed by atoms with van der Waals surface area (Å²) in [5.74, 6) is -2.22. The Bertz CT molecular complexity index is 1190. The van der Waals surface area contributed by atoms with Crippen LogP contribution in [0.3, 0.4) is 0 Å². The van der Waals surface area contributed by atoms with Crippen molar-refractivity contribution in [3.05, 3.63) is 65.9 Å². The van der Waals surface area contributed by atoms with Crippen molar-refractivity contribution < 1.29 is 24.0 Å². The van der Waals surface area contributed by atoms with Crippen LogP contribution >= 0.6 is 0 Å². The third-order valence-corrected chi connectivity index (χ3v) is 4.66. The van der Waals surface area contributed by atoms with Gasteiger partial charge in [0.15, 0.2) is 0 Å². The lowest BCUT2D eigenvalue weighted by Crippen LogP contribution is -2.44. The van der Waals surface area contributed by atoms with Crippen molar-refractivity contribution in [3.8, 4) is 17.3 Å². The van der Waals surface area contributed by atoms with E-state index in [9.17, 15) is 19.5 Å². The van der Waals surface area contributed by atoms with E-state index in [0.717, 1.165) is 0 Å². The predicted octanol–water partition coefficient (Wildman–Crippen LogP) is 3.70. The third-order valence-electron chi connectivity index (χ3n) is 4.66. The molecular weight excluding hydrogens is 426 g/mol. The number of aromatic nitrogens is 1. The topological polar surface area (TPSA) is 157 Å². The predicted molar refractivity (Wildman–Crippen MR) is 119 cm³/mol. The van der Waals surface area contributed by atoms with Gasteiger partial charge in [-0.25, -0.2) is 9.59 Å². The maximum Gasteiger partial charge on any atom is 0.326 e. The summed E-state index contributed by atoms with van der Waals surface area (Å²) in [6, 6.07) is 15.0. The van der Waals surface area contributed by atoms with E-state index in [1.165, 1.54) is 6.07 Å². The van der Waals surface area contributed by atoms with Crippen LogP contribution in [0.2, 0.25) is 0 Å². The van der Waals surface area contributed by atoms with E-state index in [1.54, 1.807) is 62.4 Å². The Hall–Kier alpha value is -4.65. The van der Waals surface area contributed by atoms with Gasteiger partial charge < -0.3 is 25.6 Å². The van der Waals surface area contributed by atoms with Gasteiger partial charge in [0.1, 0.15) is 11.7 Å². The Morgan fingerprint density at radius 1 is 1.00 bits per heavy atom. The molecule has 10 heteroatoms. The summed E-state index contributed by atoms with van der Waals surface area (Å²) < 4.78 is 5.06. The first-order valence-electron chi connectivity index (χ1n) is 9.96. The van der Waals surface area contributed by atoms with Gasteiger partial charge in [-0.15, -0.1) is 0 Å². The summed E-state index contributed by atoms with van der Waals surface area (Å²) in [6.45, 7) is 3.37. The summed E-state index contributed by atoms with van der Waals surface area (Å²) >= 11 is 0. The number of benzene rings is 2. The molecule has 0 aliphatic rings. The van der Waals surface area contributed by atoms with Crippen LogP contribution in [0.1, 0.15) is 30.0 Å². The van der Waals surface area contributed by atoms with E-state index in [-0.39, 0.29) is 11.7 Å². The minimum absolute atomic E-state index is 0.110. The normalized spacial score (nSPS) is 11.3. The first-order valence-corrected chi connectivity index (χ1v) is 9.96. The zero-order chi connectivity index (χ0) is 24.0. The molecule has 2 aromatic carbocycles. The Balaban J connectivity index is 1.61. The molecule has 0 fully saturated rings. The maximum absolute atomic E-state index is 12.3. The molecule has 3 rings (SSSR count). The molecule has 0 saturated heterocycles. The molecule has 1 atom stereocenters. The second-order valence-corrected chi connectivity index (χ2v) is 7.46. The zero-order valence-electron chi connectivity index (χ0n) is 17.8. The van der Waals surface area contributed by atoms with Gasteiger partial charge in [-0.3, -0.25) is 4.79 Å². The van der Waals surface area contributed by atoms with Gasteiger partial charge in [-0.2, -0.15) is 5.26 Å². The first-order chi connectivity index (χ1) is 15.8. The van der Waals surface area contributed by atoms with Gasteiger partial charge >= 0.3 is 12.0 Å². The van der Waals surface area contributed by atoms with Gasteiger partial charge in [-0.1, -0.05) is 31.1 Å². The highest BCUT2D eigenvalue weighted by Gasteiger charge is 2.25. The summed E-state index contributed by atoms with van der Waals surface area (Å²) in [4.78, 5) is 35.7. The van der Waals surface area contributed by atoms with Crippen LogP contribution in [0.15, 0.2) is 59.1 Å². The number of carboxylic acid groups (broad SMARTS) is 1. The Morgan fingerprint density at radius 2 is 1.58 bits per heavy atom. The van der Waals surface area contributed by atoms with Gasteiger partial charge in [0.05, 0.1) is 11.6 Å². The van der Waals surface area contributed by atoms with Gasteiger partial charge in [0.2, 0.25) is 5.76 Å². The fourth-order valence-corrected chi connectivity index (χ4v) is 2.89. The Labute approximate surface area is 189 Å². The number of anilines is 2. The van der Waals surface area contributed by atoms with Crippen LogP contribution in [-0.4, -0.2) is 34.2 Å². The molecular formula is C23H21N5O5. The zero-order valence-corrected chi connectivity index (χ0v) is 17.8. The van der Waals surface area contributed by atoms with E-state index in [1.807, 2.05) is 6.07 Å². The molecule has 33 heavy (non-hydrogen) atoms. The largest absolute Gasteiger partial charge is 0.480 e. The number of nitrogens with one attached hydrogen (secondary N) is 3. The van der Waals surface area contributed by atoms with Crippen molar-refractivity contribution in [2.24, 2.45) is 5.92 Å². The minimum Gasteiger partial charge on any atom is -0.480 e. The van der Waals surface area contributed by atoms with Gasteiger partial charge in [0.25, 0.3) is 5.91 Å². The van der Waals surface area contributed by atoms with Crippen molar-refractivity contribution >= 4 is 29.3 Å². The van der Waals surface area contributed by atoms with Crippen molar-refractivity contribution in [2.45, 2.75) is 19.9 Å². The minimum atomic E-state index is -1.13. The molecule has 4 N–H and O–H groups in total. The van der Waals surface area contributed by atoms with Crippen molar-refractivity contribution in [1.82, 2.24) is 10.5 Å². The standard InChI is InChI=1S/C23H21N5O5/c1-13(2)20(22(30)31)27-21(29)19-11-18(28-33-19)15-5-9-17(10-6-15)26-23(32)25-16-7-3-14(12-24)4-8-16/h3-11,13,20H,1-2H3,(H,27,29)(H,30,31)(H2,25,26,32)/t20-/m1/s1. The average Bonchev–Trinajstić information content (AvgIpc) is 3.28. The lowest BCUT2D eigenvalue weighted by molar-refractivity contribution is -0.140. The lowest BCUT2D eigenvalue weighted by Gasteiger charge is -2.16. The van der Waals surface area contributed by atoms with Crippen LogP contribution in [0.5, 0.6) is 0 Å². The molecule has 3 amide bonds. The number of nitrogens with zero attached hydrogens (tertiary/aromatic N) is 2. The fourth-order valence-electron chi connectivity index (χ4n) is 2.89. The lowest BCUT2D eigenvalue weighted by atomic mass is 10.0. The van der Waals surface area contributed by atoms with E-state index in [2.05, 4.69) is 21.1 Å². The van der Waals surface area contributed by atoms with Crippen molar-refractivity contribution in [2.75, 3.05) is 10.6 Å². The van der Waals surface area contributed by atoms with E-state index in [4.69, 9.17) is 9.78 Å². The number of amides is 3. The molecule has 3 aromatic rings. The molecule has 0 aliphatic heterocycles. The molecule has 0 bridgehead atoms. The highest BCUT2D eigenvalue weighted by Crippen LogP contribution is 2.22. The molecule has 0 unspecified atom stereocenters. The maximum atomic E-state index is 12.3. The third kappa shape index (κ3) is 5.95. The van der Waals surface area contributed by atoms with Crippen LogP contribution in [-0.2, 0) is 4.79 Å². The number of aliphatic carboxylic acids is 1. The molecule has 1 heterocycles. The molecule has 0 aliphatic carbocycles. The number of hydrogen-bond acceptors (Lipinski definition) is 6. The van der Waals surface area contributed by atoms with E-state index in [0.29, 0.717) is 28.2 Å². The Kier molecular flexibility index (Phi) is 7.05. The molecule has 0 spiro atoms. The smallest absolute Gasteiger partial charge is 0.326 e. The monoisotopic (exact) mass is 447 g/mol. The molecule has 10 nitrogen and oxygen atoms in total. The highest BCUT2D eigenvalue weighted by molar-refractivity contribution is 6.00. The number of rotatable bonds is 7. The molecule has 168 valence electrons. The Morgan fingerprint density at radius 3 is 2.09 bits per heavy atom. The number of carboxylic acids is 1. The van der Waals surface area contributed by atoms with Crippen molar-refractivity contribution in [3.63, 3.8) is 0 Å². The van der Waals surface area contributed by atoms with Gasteiger partial charge in [0, 0.05) is 23.0 Å². The van der Waals surface area contributed by atoms with E-state index >= 15 is 0 Å². The molecule has 0 saturated carbocycles. The number of carbonyl (C=O) groups is 3. The summed E-state index contributed by atoms with van der Waals surface area (Å²) in [6.07, 6.45) is 0. The van der Waals surface area contributed by atoms with Crippen LogP contribution in [0.25, 0.3) is 11.3 Å². The van der Waals surface area contributed by atoms with E-state index < -0.39 is 23.9 Å². The van der Waals surface area contributed by atoms with Gasteiger partial charge in [-0.05, 0) is 42.3 Å². The second-order valence-electron chi connectivity index (χ2n) is 7.46. The number of urea groups is 1. The summed E-state index contributed by atoms with van der Waals surface area (Å²) in [7, 11) is 0. The van der Waals surface area contributed by atoms with Crippen LogP contribution in [0.4, 0.5) is 16.2 Å². The SMILES string of the molecule is CC(C)[C@@H](NC(=O)c1cc(-c2ccc(NC(=O)Nc3ccc(C#N)cc3)cc2)no1)C(=O)O. The van der Waals surface area contributed by atoms with Crippen LogP contribution < -0.4 is 16.0 Å². The quantitative estimate of drug-likeness (QED) is 0.430. The first kappa shape index (κ1) is 23.0. The number of carbonyl (C=O) groups excluding carboxylic acids is 2. The highest BCUT2D eigenvalue weighted by atomic mass is 16.5.